The predicted molar refractivity (Wildman–Crippen MR) is 102 cm³/mol. The third kappa shape index (κ3) is 2.40. The van der Waals surface area contributed by atoms with Gasteiger partial charge < -0.3 is 19.5 Å². The molecule has 2 aliphatic heterocycles. The van der Waals surface area contributed by atoms with Gasteiger partial charge in [-0.3, -0.25) is 4.79 Å². The van der Waals surface area contributed by atoms with Crippen LogP contribution >= 0.6 is 0 Å². The minimum absolute atomic E-state index is 0.142. The van der Waals surface area contributed by atoms with Crippen LogP contribution in [0.5, 0.6) is 0 Å². The van der Waals surface area contributed by atoms with Gasteiger partial charge in [0.1, 0.15) is 11.3 Å². The van der Waals surface area contributed by atoms with Gasteiger partial charge in [0.05, 0.1) is 17.8 Å². The van der Waals surface area contributed by atoms with Crippen molar-refractivity contribution in [3.05, 3.63) is 70.3 Å². The van der Waals surface area contributed by atoms with Gasteiger partial charge in [0.15, 0.2) is 0 Å². The van der Waals surface area contributed by atoms with E-state index in [1.807, 2.05) is 49.1 Å². The zero-order valence-electron chi connectivity index (χ0n) is 16.1. The van der Waals surface area contributed by atoms with Crippen molar-refractivity contribution in [3.8, 4) is 0 Å². The maximum Gasteiger partial charge on any atom is 0.333 e. The fraction of sp³-hybridized carbons (Fsp3) is 0.364. The normalized spacial score (nSPS) is 26.6. The topological polar surface area (TPSA) is 91.0 Å². The number of aliphatic carboxylic acids is 2. The largest absolute Gasteiger partial charge is 0.481 e. The predicted octanol–water partition coefficient (Wildman–Crippen LogP) is 3.52. The number of hydrogen-bond acceptors (Lipinski definition) is 4. The van der Waals surface area contributed by atoms with Crippen molar-refractivity contribution in [3.63, 3.8) is 0 Å². The maximum absolute atomic E-state index is 12.6. The molecule has 146 valence electrons. The molecule has 6 heteroatoms. The quantitative estimate of drug-likeness (QED) is 0.845. The van der Waals surface area contributed by atoms with Crippen LogP contribution in [-0.2, 0) is 21.5 Å². The van der Waals surface area contributed by atoms with Crippen LogP contribution in [0.4, 0.5) is 0 Å². The summed E-state index contributed by atoms with van der Waals surface area (Å²) in [4.78, 5) is 26.8. The highest BCUT2D eigenvalue weighted by molar-refractivity contribution is 5.92. The standard InChI is InChI=1S/C22H23NO5/c1-12-4-6-14(7-5-12)17-16(20(24)25)13(2)23-10-8-15-9-11-28-19(15)22(23,3)18(17)21(26)27/h4-7,9,11,17-18H,8,10H2,1-3H3,(H,24,25)(H,26,27). The number of carbonyl (C=O) groups is 2. The van der Waals surface area contributed by atoms with Gasteiger partial charge in [-0.25, -0.2) is 4.79 Å². The Balaban J connectivity index is 2.03. The summed E-state index contributed by atoms with van der Waals surface area (Å²) < 4.78 is 5.78. The summed E-state index contributed by atoms with van der Waals surface area (Å²) in [5.41, 5.74) is 2.47. The van der Waals surface area contributed by atoms with Crippen molar-refractivity contribution >= 4 is 11.9 Å². The second-order valence-corrected chi connectivity index (χ2v) is 7.83. The fourth-order valence-electron chi connectivity index (χ4n) is 5.05. The smallest absolute Gasteiger partial charge is 0.333 e. The molecule has 0 aliphatic carbocycles. The number of carboxylic acid groups (broad SMARTS) is 2. The molecule has 28 heavy (non-hydrogen) atoms. The molecule has 4 rings (SSSR count). The van der Waals surface area contributed by atoms with Gasteiger partial charge in [-0.1, -0.05) is 29.8 Å². The van der Waals surface area contributed by atoms with Crippen LogP contribution in [0.15, 0.2) is 52.3 Å². The van der Waals surface area contributed by atoms with Crippen LogP contribution in [0, 0.1) is 12.8 Å². The summed E-state index contributed by atoms with van der Waals surface area (Å²) in [6, 6.07) is 9.31. The Morgan fingerprint density at radius 2 is 1.82 bits per heavy atom. The lowest BCUT2D eigenvalue weighted by Gasteiger charge is -2.54. The number of nitrogens with zero attached hydrogens (tertiary/aromatic N) is 1. The van der Waals surface area contributed by atoms with Gasteiger partial charge >= 0.3 is 11.9 Å². The van der Waals surface area contributed by atoms with E-state index in [0.717, 1.165) is 11.1 Å². The van der Waals surface area contributed by atoms with Crippen molar-refractivity contribution in [2.75, 3.05) is 6.54 Å². The number of allylic oxidation sites excluding steroid dienone is 1. The summed E-state index contributed by atoms with van der Waals surface area (Å²) in [5, 5.41) is 20.3. The first-order valence-electron chi connectivity index (χ1n) is 9.34. The Kier molecular flexibility index (Phi) is 4.10. The van der Waals surface area contributed by atoms with Crippen LogP contribution in [-0.4, -0.2) is 33.6 Å². The minimum Gasteiger partial charge on any atom is -0.481 e. The molecule has 2 aromatic rings. The second kappa shape index (κ2) is 6.26. The van der Waals surface area contributed by atoms with E-state index in [9.17, 15) is 19.8 Å². The molecule has 3 heterocycles. The lowest BCUT2D eigenvalue weighted by Crippen LogP contribution is -2.59. The molecule has 3 atom stereocenters. The van der Waals surface area contributed by atoms with E-state index >= 15 is 0 Å². The lowest BCUT2D eigenvalue weighted by molar-refractivity contribution is -0.151. The number of fused-ring (bicyclic) bond motifs is 3. The first-order chi connectivity index (χ1) is 13.3. The van der Waals surface area contributed by atoms with Gasteiger partial charge in [0.25, 0.3) is 0 Å². The fourth-order valence-corrected chi connectivity index (χ4v) is 5.05. The summed E-state index contributed by atoms with van der Waals surface area (Å²) in [7, 11) is 0. The SMILES string of the molecule is CC1=C(C(=O)O)C(c2ccc(C)cc2)C(C(=O)O)C2(C)c3occc3CCN12. The highest BCUT2D eigenvalue weighted by Gasteiger charge is 2.59. The summed E-state index contributed by atoms with van der Waals surface area (Å²) >= 11 is 0. The maximum atomic E-state index is 12.6. The van der Waals surface area contributed by atoms with Crippen molar-refractivity contribution in [1.82, 2.24) is 4.90 Å². The molecule has 0 spiro atoms. The van der Waals surface area contributed by atoms with E-state index in [1.165, 1.54) is 0 Å². The Bertz CT molecular complexity index is 987. The molecule has 2 aliphatic rings. The van der Waals surface area contributed by atoms with Gasteiger partial charge in [0.2, 0.25) is 0 Å². The average Bonchev–Trinajstić information content (AvgIpc) is 3.11. The number of carboxylic acids is 2. The van der Waals surface area contributed by atoms with Gasteiger partial charge in [-0.05, 0) is 44.4 Å². The number of rotatable bonds is 3. The van der Waals surface area contributed by atoms with Gasteiger partial charge in [-0.2, -0.15) is 0 Å². The highest BCUT2D eigenvalue weighted by Crippen LogP contribution is 2.55. The molecule has 6 nitrogen and oxygen atoms in total. The Labute approximate surface area is 163 Å². The van der Waals surface area contributed by atoms with E-state index in [4.69, 9.17) is 4.42 Å². The second-order valence-electron chi connectivity index (χ2n) is 7.83. The number of benzene rings is 1. The van der Waals surface area contributed by atoms with Crippen LogP contribution in [0.3, 0.4) is 0 Å². The third-order valence-electron chi connectivity index (χ3n) is 6.35. The molecule has 0 saturated carbocycles. The summed E-state index contributed by atoms with van der Waals surface area (Å²) in [6.07, 6.45) is 2.28. The summed E-state index contributed by atoms with van der Waals surface area (Å²) in [6.45, 7) is 6.12. The molecule has 1 aromatic carbocycles. The van der Waals surface area contributed by atoms with Crippen LogP contribution in [0.2, 0.25) is 0 Å². The molecular weight excluding hydrogens is 358 g/mol. The van der Waals surface area contributed by atoms with E-state index < -0.39 is 29.3 Å². The van der Waals surface area contributed by atoms with E-state index in [1.54, 1.807) is 13.2 Å². The highest BCUT2D eigenvalue weighted by atomic mass is 16.4. The number of furan rings is 1. The van der Waals surface area contributed by atoms with Crippen LogP contribution < -0.4 is 0 Å². The van der Waals surface area contributed by atoms with Crippen molar-refractivity contribution < 1.29 is 24.2 Å². The number of aryl methyl sites for hydroxylation is 1. The van der Waals surface area contributed by atoms with E-state index in [2.05, 4.69) is 0 Å². The molecule has 3 unspecified atom stereocenters. The first kappa shape index (κ1) is 18.3. The lowest BCUT2D eigenvalue weighted by atomic mass is 9.64. The molecule has 0 bridgehead atoms. The minimum atomic E-state index is -1.08. The van der Waals surface area contributed by atoms with Crippen LogP contribution in [0.25, 0.3) is 0 Å². The molecule has 0 amide bonds. The third-order valence-corrected chi connectivity index (χ3v) is 6.35. The Hall–Kier alpha value is -3.02. The molecule has 0 fully saturated rings. The molecular formula is C22H23NO5. The monoisotopic (exact) mass is 381 g/mol. The number of hydrogen-bond donors (Lipinski definition) is 2. The van der Waals surface area contributed by atoms with Gasteiger partial charge in [0, 0.05) is 18.2 Å². The van der Waals surface area contributed by atoms with Crippen LogP contribution in [0.1, 0.15) is 42.2 Å². The average molecular weight is 381 g/mol. The summed E-state index contributed by atoms with van der Waals surface area (Å²) in [5.74, 6) is -3.29. The van der Waals surface area contributed by atoms with Crippen molar-refractivity contribution in [1.29, 1.82) is 0 Å². The Morgan fingerprint density at radius 3 is 2.43 bits per heavy atom. The molecule has 0 saturated heterocycles. The van der Waals surface area contributed by atoms with E-state index in [0.29, 0.717) is 30.0 Å². The zero-order chi connectivity index (χ0) is 20.2. The zero-order valence-corrected chi connectivity index (χ0v) is 16.1. The van der Waals surface area contributed by atoms with Crippen molar-refractivity contribution in [2.24, 2.45) is 5.92 Å². The van der Waals surface area contributed by atoms with E-state index in [-0.39, 0.29) is 5.57 Å². The first-order valence-corrected chi connectivity index (χ1v) is 9.34. The molecule has 2 N–H and O–H groups in total. The molecule has 1 aromatic heterocycles. The van der Waals surface area contributed by atoms with Gasteiger partial charge in [-0.15, -0.1) is 0 Å². The molecule has 0 radical (unpaired) electrons. The van der Waals surface area contributed by atoms with Crippen molar-refractivity contribution in [2.45, 2.75) is 38.6 Å². The Morgan fingerprint density at radius 1 is 1.14 bits per heavy atom.